The first kappa shape index (κ1) is 45.0. The summed E-state index contributed by atoms with van der Waals surface area (Å²) in [6.45, 7) is 19.3. The zero-order valence-electron chi connectivity index (χ0n) is 30.7. The van der Waals surface area contributed by atoms with Crippen molar-refractivity contribution in [2.45, 2.75) is 119 Å². The number of nitrogens with zero attached hydrogens (tertiary/aromatic N) is 2. The number of benzene rings is 3. The Labute approximate surface area is 303 Å². The maximum atomic E-state index is 11.1. The Morgan fingerprint density at radius 2 is 0.918 bits per heavy atom. The number of rotatable bonds is 12. The summed E-state index contributed by atoms with van der Waals surface area (Å²) in [5, 5.41) is 40.0. The van der Waals surface area contributed by atoms with Crippen LogP contribution in [0.5, 0.6) is 11.5 Å². The molecule has 3 rings (SSSR count). The summed E-state index contributed by atoms with van der Waals surface area (Å²) < 4.78 is 0. The Morgan fingerprint density at radius 1 is 0.633 bits per heavy atom. The smallest absolute Gasteiger partial charge is 0.550 e. The average Bonchev–Trinajstić information content (AvgIpc) is 3.05. The van der Waals surface area contributed by atoms with Gasteiger partial charge in [0.05, 0.1) is 11.4 Å². The second-order valence-electron chi connectivity index (χ2n) is 12.3. The van der Waals surface area contributed by atoms with Crippen molar-refractivity contribution in [1.29, 1.82) is 0 Å². The number of carboxylic acids is 2. The molecular formula is C40H54CoN2O6. The average molecular weight is 718 g/mol. The Bertz CT molecular complexity index is 1430. The zero-order valence-corrected chi connectivity index (χ0v) is 31.7. The number of aromatic hydroxyl groups is 2. The monoisotopic (exact) mass is 717 g/mol. The third-order valence-electron chi connectivity index (χ3n) is 8.60. The number of phenolic OH excluding ortho intramolecular Hbond substituents is 2. The van der Waals surface area contributed by atoms with Gasteiger partial charge in [-0.25, -0.2) is 0 Å². The fourth-order valence-electron chi connectivity index (χ4n) is 4.80. The minimum Gasteiger partial charge on any atom is -0.550 e. The fourth-order valence-corrected chi connectivity index (χ4v) is 4.80. The first-order valence-corrected chi connectivity index (χ1v) is 16.9. The topological polar surface area (TPSA) is 145 Å². The fraction of sp³-hybridized carbons (Fsp3) is 0.450. The van der Waals surface area contributed by atoms with E-state index in [1.807, 2.05) is 24.3 Å². The van der Waals surface area contributed by atoms with Crippen LogP contribution in [-0.2, 0) is 26.4 Å². The Kier molecular flexibility index (Phi) is 20.8. The SMILES string of the molecule is CC(=O)[O-].CC(=O)[O-].CCC(C)c1cc(C=Nc2ccccc2N=Cc2cc(C(C)CC)cc(C(C)CC)c2O)c(O)c(C(C)CC)c1.[Co+2]. The molecule has 0 heterocycles. The van der Waals surface area contributed by atoms with Crippen LogP contribution in [0, 0.1) is 0 Å². The van der Waals surface area contributed by atoms with Gasteiger partial charge in [-0.05, 0) is 110 Å². The first-order chi connectivity index (χ1) is 22.6. The van der Waals surface area contributed by atoms with Crippen molar-refractivity contribution in [2.24, 2.45) is 9.98 Å². The molecule has 269 valence electrons. The number of aliphatic carboxylic acids is 2. The Morgan fingerprint density at radius 3 is 1.18 bits per heavy atom. The number of hydrogen-bond acceptors (Lipinski definition) is 8. The molecule has 0 aliphatic rings. The number of hydrogen-bond donors (Lipinski definition) is 2. The van der Waals surface area contributed by atoms with E-state index in [4.69, 9.17) is 29.8 Å². The molecule has 0 spiro atoms. The summed E-state index contributed by atoms with van der Waals surface area (Å²) in [6.07, 6.45) is 7.48. The second-order valence-corrected chi connectivity index (χ2v) is 12.3. The molecule has 3 aromatic rings. The molecule has 0 fully saturated rings. The third kappa shape index (κ3) is 14.6. The van der Waals surface area contributed by atoms with E-state index in [0.29, 0.717) is 34.7 Å². The van der Waals surface area contributed by atoms with E-state index in [2.05, 4.69) is 79.7 Å². The van der Waals surface area contributed by atoms with Crippen LogP contribution in [0.15, 0.2) is 58.5 Å². The molecule has 0 bridgehead atoms. The van der Waals surface area contributed by atoms with E-state index in [1.54, 1.807) is 12.4 Å². The molecule has 9 heteroatoms. The normalized spacial score (nSPS) is 13.3. The van der Waals surface area contributed by atoms with E-state index >= 15 is 0 Å². The number of phenols is 2. The molecule has 8 nitrogen and oxygen atoms in total. The molecule has 3 aromatic carbocycles. The summed E-state index contributed by atoms with van der Waals surface area (Å²) in [5.41, 5.74) is 7.25. The van der Waals surface area contributed by atoms with Gasteiger partial charge < -0.3 is 30.0 Å². The molecule has 4 unspecified atom stereocenters. The van der Waals surface area contributed by atoms with Crippen LogP contribution >= 0.6 is 0 Å². The van der Waals surface area contributed by atoms with Gasteiger partial charge in [-0.3, -0.25) is 9.98 Å². The minimum absolute atomic E-state index is 0. The molecular weight excluding hydrogens is 663 g/mol. The van der Waals surface area contributed by atoms with Crippen LogP contribution < -0.4 is 10.2 Å². The summed E-state index contributed by atoms with van der Waals surface area (Å²) in [5.74, 6) is -0.260. The van der Waals surface area contributed by atoms with Crippen LogP contribution in [0.2, 0.25) is 0 Å². The van der Waals surface area contributed by atoms with Crippen LogP contribution in [0.4, 0.5) is 11.4 Å². The van der Waals surface area contributed by atoms with Crippen molar-refractivity contribution >= 4 is 35.7 Å². The number of carbonyl (C=O) groups is 2. The largest absolute Gasteiger partial charge is 2.00 e. The van der Waals surface area contributed by atoms with Crippen LogP contribution in [-0.4, -0.2) is 34.6 Å². The Hall–Kier alpha value is -3.95. The van der Waals surface area contributed by atoms with E-state index < -0.39 is 11.9 Å². The van der Waals surface area contributed by atoms with Crippen molar-refractivity contribution < 1.29 is 46.8 Å². The number of carboxylic acid groups (broad SMARTS) is 2. The molecule has 4 atom stereocenters. The van der Waals surface area contributed by atoms with Crippen LogP contribution in [0.25, 0.3) is 0 Å². The first-order valence-electron chi connectivity index (χ1n) is 16.9. The Balaban J connectivity index is 0.00000230. The zero-order chi connectivity index (χ0) is 36.6. The van der Waals surface area contributed by atoms with Crippen molar-refractivity contribution in [1.82, 2.24) is 0 Å². The summed E-state index contributed by atoms with van der Waals surface area (Å²) in [7, 11) is 0. The van der Waals surface area contributed by atoms with Gasteiger partial charge in [-0.1, -0.05) is 79.7 Å². The second kappa shape index (κ2) is 22.6. The molecule has 0 aliphatic carbocycles. The van der Waals surface area contributed by atoms with Gasteiger partial charge in [0.25, 0.3) is 0 Å². The predicted octanol–water partition coefficient (Wildman–Crippen LogP) is 8.16. The molecule has 49 heavy (non-hydrogen) atoms. The van der Waals surface area contributed by atoms with Crippen LogP contribution in [0.3, 0.4) is 0 Å². The van der Waals surface area contributed by atoms with Crippen molar-refractivity contribution in [3.05, 3.63) is 81.9 Å². The van der Waals surface area contributed by atoms with Crippen LogP contribution in [0.1, 0.15) is 152 Å². The van der Waals surface area contributed by atoms with E-state index in [0.717, 1.165) is 61.8 Å². The van der Waals surface area contributed by atoms with Gasteiger partial charge in [-0.2, -0.15) is 0 Å². The van der Waals surface area contributed by atoms with Gasteiger partial charge in [0.1, 0.15) is 11.5 Å². The molecule has 2 N–H and O–H groups in total. The number of para-hydroxylation sites is 2. The summed E-state index contributed by atoms with van der Waals surface area (Å²) >= 11 is 0. The standard InChI is InChI=1S/C36H48N2O2.2C2H4O2.Co/c1-9-23(5)27-17-29(35(39)31(19-27)25(7)11-3)21-37-33-15-13-14-16-34(33)38-22-30-18-28(24(6)10-2)20-32(36(30)40)26(8)12-4;2*1-2(3)4;/h13-26,39-40H,9-12H2,1-8H3;2*1H3,(H,3,4);/q;;;+2/p-2. The van der Waals surface area contributed by atoms with Gasteiger partial charge in [0.15, 0.2) is 0 Å². The predicted molar refractivity (Wildman–Crippen MR) is 193 cm³/mol. The van der Waals surface area contributed by atoms with Gasteiger partial charge in [0, 0.05) is 35.5 Å². The summed E-state index contributed by atoms with van der Waals surface area (Å²) in [4.78, 5) is 27.3. The van der Waals surface area contributed by atoms with Gasteiger partial charge in [-0.15, -0.1) is 0 Å². The maximum absolute atomic E-state index is 11.1. The molecule has 0 aliphatic heterocycles. The van der Waals surface area contributed by atoms with Crippen molar-refractivity contribution in [2.75, 3.05) is 0 Å². The molecule has 0 aromatic heterocycles. The van der Waals surface area contributed by atoms with Gasteiger partial charge >= 0.3 is 16.8 Å². The quantitative estimate of drug-likeness (QED) is 0.181. The van der Waals surface area contributed by atoms with E-state index in [9.17, 15) is 10.2 Å². The van der Waals surface area contributed by atoms with Crippen molar-refractivity contribution in [3.63, 3.8) is 0 Å². The summed E-state index contributed by atoms with van der Waals surface area (Å²) in [6, 6.07) is 16.1. The molecule has 0 saturated heterocycles. The molecule has 0 amide bonds. The van der Waals surface area contributed by atoms with Gasteiger partial charge in [0.2, 0.25) is 0 Å². The number of aliphatic imine (C=N–C) groups is 2. The minimum atomic E-state index is -1.08. The molecule has 0 saturated carbocycles. The van der Waals surface area contributed by atoms with E-state index in [1.165, 1.54) is 11.1 Å². The van der Waals surface area contributed by atoms with Crippen molar-refractivity contribution in [3.8, 4) is 11.5 Å². The van der Waals surface area contributed by atoms with E-state index in [-0.39, 0.29) is 28.6 Å². The number of carbonyl (C=O) groups excluding carboxylic acids is 2. The maximum Gasteiger partial charge on any atom is 2.00 e. The third-order valence-corrected chi connectivity index (χ3v) is 8.60. The molecule has 1 radical (unpaired) electrons.